The number of nitrogens with zero attached hydrogens (tertiary/aromatic N) is 3. The fourth-order valence-electron chi connectivity index (χ4n) is 2.59. The zero-order valence-electron chi connectivity index (χ0n) is 11.5. The molecule has 0 bridgehead atoms. The highest BCUT2D eigenvalue weighted by atomic mass is 15.2. The van der Waals surface area contributed by atoms with Gasteiger partial charge in [0, 0.05) is 50.2 Å². The highest BCUT2D eigenvalue weighted by Gasteiger charge is 2.13. The molecule has 3 heteroatoms. The predicted octanol–water partition coefficient (Wildman–Crippen LogP) is 2.02. The zero-order valence-corrected chi connectivity index (χ0v) is 11.5. The molecule has 0 atom stereocenters. The molecule has 19 heavy (non-hydrogen) atoms. The molecule has 0 amide bonds. The van der Waals surface area contributed by atoms with Gasteiger partial charge in [-0.2, -0.15) is 0 Å². The number of likely N-dealkylation sites (N-methyl/N-ethyl adjacent to an activating group) is 1. The van der Waals surface area contributed by atoms with E-state index in [1.165, 1.54) is 37.3 Å². The van der Waals surface area contributed by atoms with Crippen LogP contribution in [0.5, 0.6) is 0 Å². The van der Waals surface area contributed by atoms with Gasteiger partial charge in [-0.25, -0.2) is 0 Å². The van der Waals surface area contributed by atoms with E-state index in [1.54, 1.807) is 0 Å². The lowest BCUT2D eigenvalue weighted by Crippen LogP contribution is -2.45. The largest absolute Gasteiger partial charge is 0.304 e. The number of fused-ring (bicyclic) bond motifs is 1. The molecule has 0 unspecified atom stereocenters. The second-order valence-electron chi connectivity index (χ2n) is 5.39. The Labute approximate surface area is 114 Å². The van der Waals surface area contributed by atoms with Gasteiger partial charge in [0.2, 0.25) is 0 Å². The molecule has 0 spiro atoms. The number of hydrogen-bond acceptors (Lipinski definition) is 3. The van der Waals surface area contributed by atoms with E-state index < -0.39 is 0 Å². The van der Waals surface area contributed by atoms with Crippen molar-refractivity contribution in [3.8, 4) is 0 Å². The molecule has 3 nitrogen and oxygen atoms in total. The van der Waals surface area contributed by atoms with Crippen LogP contribution in [-0.2, 0) is 6.42 Å². The number of aromatic nitrogens is 1. The molecule has 2 aromatic rings. The van der Waals surface area contributed by atoms with Crippen LogP contribution < -0.4 is 0 Å². The second kappa shape index (κ2) is 5.68. The fourth-order valence-corrected chi connectivity index (χ4v) is 2.59. The van der Waals surface area contributed by atoms with Gasteiger partial charge in [0.05, 0.1) is 5.52 Å². The van der Waals surface area contributed by atoms with Gasteiger partial charge in [-0.3, -0.25) is 4.98 Å². The Morgan fingerprint density at radius 2 is 1.79 bits per heavy atom. The van der Waals surface area contributed by atoms with Crippen molar-refractivity contribution in [3.63, 3.8) is 0 Å². The average Bonchev–Trinajstić information content (AvgIpc) is 2.46. The summed E-state index contributed by atoms with van der Waals surface area (Å²) in [5.74, 6) is 0. The maximum atomic E-state index is 4.74. The van der Waals surface area contributed by atoms with Crippen LogP contribution in [0, 0.1) is 0 Å². The van der Waals surface area contributed by atoms with E-state index in [0.29, 0.717) is 0 Å². The molecule has 1 aromatic heterocycles. The molecule has 1 aromatic carbocycles. The van der Waals surface area contributed by atoms with Gasteiger partial charge in [0.25, 0.3) is 0 Å². The molecule has 1 aliphatic heterocycles. The first kappa shape index (κ1) is 12.6. The van der Waals surface area contributed by atoms with E-state index in [9.17, 15) is 0 Å². The summed E-state index contributed by atoms with van der Waals surface area (Å²) in [4.78, 5) is 9.67. The summed E-state index contributed by atoms with van der Waals surface area (Å²) in [6.07, 6.45) is 1.05. The Hall–Kier alpha value is -1.45. The SMILES string of the molecule is CN1CCN(CCc2ccc3ccccc3n2)CC1. The number of rotatable bonds is 3. The second-order valence-corrected chi connectivity index (χ2v) is 5.39. The summed E-state index contributed by atoms with van der Waals surface area (Å²) in [5.41, 5.74) is 2.32. The van der Waals surface area contributed by atoms with Crippen LogP contribution in [0.15, 0.2) is 36.4 Å². The Balaban J connectivity index is 1.62. The van der Waals surface area contributed by atoms with Gasteiger partial charge >= 0.3 is 0 Å². The molecule has 1 saturated heterocycles. The molecule has 100 valence electrons. The van der Waals surface area contributed by atoms with Crippen LogP contribution >= 0.6 is 0 Å². The summed E-state index contributed by atoms with van der Waals surface area (Å²) in [7, 11) is 2.20. The van der Waals surface area contributed by atoms with Gasteiger partial charge in [0.1, 0.15) is 0 Å². The van der Waals surface area contributed by atoms with E-state index in [-0.39, 0.29) is 0 Å². The summed E-state index contributed by atoms with van der Waals surface area (Å²) in [6.45, 7) is 5.86. The molecule has 0 N–H and O–H groups in total. The first-order valence-electron chi connectivity index (χ1n) is 7.07. The van der Waals surface area contributed by atoms with Gasteiger partial charge in [0.15, 0.2) is 0 Å². The van der Waals surface area contributed by atoms with Gasteiger partial charge in [-0.1, -0.05) is 24.3 Å². The molecular weight excluding hydrogens is 234 g/mol. The lowest BCUT2D eigenvalue weighted by Gasteiger charge is -2.32. The summed E-state index contributed by atoms with van der Waals surface area (Å²) < 4.78 is 0. The van der Waals surface area contributed by atoms with Crippen molar-refractivity contribution in [2.75, 3.05) is 39.8 Å². The van der Waals surface area contributed by atoms with Gasteiger partial charge in [-0.05, 0) is 19.2 Å². The Kier molecular flexibility index (Phi) is 3.76. The molecular formula is C16H21N3. The van der Waals surface area contributed by atoms with E-state index in [4.69, 9.17) is 4.98 Å². The Morgan fingerprint density at radius 1 is 1.00 bits per heavy atom. The van der Waals surface area contributed by atoms with E-state index in [0.717, 1.165) is 18.5 Å². The lowest BCUT2D eigenvalue weighted by molar-refractivity contribution is 0.155. The van der Waals surface area contributed by atoms with Gasteiger partial charge < -0.3 is 9.80 Å². The fraction of sp³-hybridized carbons (Fsp3) is 0.438. The van der Waals surface area contributed by atoms with Crippen LogP contribution in [0.2, 0.25) is 0 Å². The van der Waals surface area contributed by atoms with E-state index in [1.807, 2.05) is 0 Å². The summed E-state index contributed by atoms with van der Waals surface area (Å²) >= 11 is 0. The quantitative estimate of drug-likeness (QED) is 0.836. The maximum absolute atomic E-state index is 4.74. The maximum Gasteiger partial charge on any atom is 0.0705 e. The number of hydrogen-bond donors (Lipinski definition) is 0. The molecule has 3 rings (SSSR count). The van der Waals surface area contributed by atoms with Crippen LogP contribution in [0.4, 0.5) is 0 Å². The smallest absolute Gasteiger partial charge is 0.0705 e. The zero-order chi connectivity index (χ0) is 13.1. The minimum atomic E-state index is 1.05. The first-order chi connectivity index (χ1) is 9.31. The van der Waals surface area contributed by atoms with Crippen molar-refractivity contribution in [2.45, 2.75) is 6.42 Å². The van der Waals surface area contributed by atoms with E-state index in [2.05, 4.69) is 53.2 Å². The van der Waals surface area contributed by atoms with Crippen molar-refractivity contribution in [2.24, 2.45) is 0 Å². The lowest BCUT2D eigenvalue weighted by atomic mass is 10.1. The van der Waals surface area contributed by atoms with Crippen molar-refractivity contribution < 1.29 is 0 Å². The third-order valence-electron chi connectivity index (χ3n) is 3.94. The van der Waals surface area contributed by atoms with Crippen molar-refractivity contribution in [1.29, 1.82) is 0 Å². The molecule has 0 aliphatic carbocycles. The number of piperazine rings is 1. The average molecular weight is 255 g/mol. The number of para-hydroxylation sites is 1. The Bertz CT molecular complexity index is 544. The summed E-state index contributed by atoms with van der Waals surface area (Å²) in [5, 5.41) is 1.23. The normalized spacial score (nSPS) is 17.9. The predicted molar refractivity (Wildman–Crippen MR) is 79.4 cm³/mol. The van der Waals surface area contributed by atoms with Crippen molar-refractivity contribution >= 4 is 10.9 Å². The molecule has 2 heterocycles. The molecule has 1 fully saturated rings. The number of benzene rings is 1. The Morgan fingerprint density at radius 3 is 2.63 bits per heavy atom. The molecule has 0 saturated carbocycles. The summed E-state index contributed by atoms with van der Waals surface area (Å²) in [6, 6.07) is 12.7. The first-order valence-corrected chi connectivity index (χ1v) is 7.07. The highest BCUT2D eigenvalue weighted by molar-refractivity contribution is 5.78. The van der Waals surface area contributed by atoms with Crippen LogP contribution in [0.3, 0.4) is 0 Å². The van der Waals surface area contributed by atoms with Crippen LogP contribution in [0.1, 0.15) is 5.69 Å². The molecule has 0 radical (unpaired) electrons. The molecule has 1 aliphatic rings. The third-order valence-corrected chi connectivity index (χ3v) is 3.94. The van der Waals surface area contributed by atoms with Gasteiger partial charge in [-0.15, -0.1) is 0 Å². The monoisotopic (exact) mass is 255 g/mol. The minimum Gasteiger partial charge on any atom is -0.304 e. The standard InChI is InChI=1S/C16H21N3/c1-18-10-12-19(13-11-18)9-8-15-7-6-14-4-2-3-5-16(14)17-15/h2-7H,8-13H2,1H3. The van der Waals surface area contributed by atoms with Crippen molar-refractivity contribution in [3.05, 3.63) is 42.1 Å². The minimum absolute atomic E-state index is 1.05. The van der Waals surface area contributed by atoms with Crippen LogP contribution in [-0.4, -0.2) is 54.6 Å². The topological polar surface area (TPSA) is 19.4 Å². The highest BCUT2D eigenvalue weighted by Crippen LogP contribution is 2.12. The third kappa shape index (κ3) is 3.11. The van der Waals surface area contributed by atoms with Crippen LogP contribution in [0.25, 0.3) is 10.9 Å². The van der Waals surface area contributed by atoms with Crippen molar-refractivity contribution in [1.82, 2.24) is 14.8 Å². The number of pyridine rings is 1. The van der Waals surface area contributed by atoms with E-state index >= 15 is 0 Å².